The highest BCUT2D eigenvalue weighted by molar-refractivity contribution is 8.00. The third-order valence-corrected chi connectivity index (χ3v) is 6.21. The lowest BCUT2D eigenvalue weighted by Gasteiger charge is -2.12. The predicted octanol–water partition coefficient (Wildman–Crippen LogP) is 5.17. The Morgan fingerprint density at radius 2 is 1.93 bits per heavy atom. The van der Waals surface area contributed by atoms with E-state index in [9.17, 15) is 9.59 Å². The number of benzene rings is 1. The first-order valence-electron chi connectivity index (χ1n) is 10.2. The summed E-state index contributed by atoms with van der Waals surface area (Å²) in [5, 5.41) is 9.16. The number of nitrogens with zero attached hydrogens (tertiary/aromatic N) is 3. The van der Waals surface area contributed by atoms with E-state index in [0.717, 1.165) is 40.8 Å². The second kappa shape index (κ2) is 9.00. The molecule has 0 aliphatic carbocycles. The highest BCUT2D eigenvalue weighted by Gasteiger charge is 2.26. The van der Waals surface area contributed by atoms with Crippen LogP contribution < -0.4 is 0 Å². The van der Waals surface area contributed by atoms with Crippen molar-refractivity contribution in [3.63, 3.8) is 0 Å². The van der Waals surface area contributed by atoms with Crippen molar-refractivity contribution in [2.45, 2.75) is 64.9 Å². The summed E-state index contributed by atoms with van der Waals surface area (Å²) in [6.45, 7) is 12.0. The fraction of sp³-hybridized carbons (Fsp3) is 0.391. The average Bonchev–Trinajstić information content (AvgIpc) is 3.21. The molecule has 1 N–H and O–H groups in total. The van der Waals surface area contributed by atoms with Gasteiger partial charge in [-0.25, -0.2) is 0 Å². The molecule has 1 atom stereocenters. The van der Waals surface area contributed by atoms with Crippen LogP contribution in [0.1, 0.15) is 64.9 Å². The van der Waals surface area contributed by atoms with E-state index in [1.54, 1.807) is 0 Å². The maximum absolute atomic E-state index is 13.1. The van der Waals surface area contributed by atoms with Crippen LogP contribution in [0.2, 0.25) is 0 Å². The molecule has 1 aromatic carbocycles. The number of H-pyrrole nitrogens is 1. The van der Waals surface area contributed by atoms with Crippen LogP contribution in [0.3, 0.4) is 0 Å². The zero-order valence-electron chi connectivity index (χ0n) is 18.4. The van der Waals surface area contributed by atoms with Crippen LogP contribution in [0.25, 0.3) is 11.4 Å². The number of rotatable bonds is 8. The van der Waals surface area contributed by atoms with Crippen LogP contribution >= 0.6 is 11.8 Å². The Balaban J connectivity index is 1.90. The minimum Gasteiger partial charge on any atom is -0.355 e. The van der Waals surface area contributed by atoms with Crippen molar-refractivity contribution in [2.75, 3.05) is 0 Å². The van der Waals surface area contributed by atoms with Crippen LogP contribution in [0, 0.1) is 20.8 Å². The Bertz CT molecular complexity index is 1100. The second-order valence-electron chi connectivity index (χ2n) is 7.63. The van der Waals surface area contributed by atoms with Crippen LogP contribution in [0.4, 0.5) is 0 Å². The normalized spacial score (nSPS) is 12.2. The second-order valence-corrected chi connectivity index (χ2v) is 8.94. The van der Waals surface area contributed by atoms with Crippen LogP contribution in [-0.4, -0.2) is 36.6 Å². The molecule has 0 unspecified atom stereocenters. The summed E-state index contributed by atoms with van der Waals surface area (Å²) in [5.74, 6) is 0.732. The van der Waals surface area contributed by atoms with Crippen LogP contribution in [-0.2, 0) is 6.54 Å². The lowest BCUT2D eigenvalue weighted by molar-refractivity contribution is 0.0988. The first kappa shape index (κ1) is 22.0. The third kappa shape index (κ3) is 4.26. The molecule has 6 nitrogen and oxygen atoms in total. The summed E-state index contributed by atoms with van der Waals surface area (Å²) in [4.78, 5) is 28.1. The summed E-state index contributed by atoms with van der Waals surface area (Å²) in [6, 6.07) is 8.18. The van der Waals surface area contributed by atoms with E-state index >= 15 is 0 Å². The minimum atomic E-state index is -0.369. The number of aromatic nitrogens is 4. The molecule has 0 fully saturated rings. The van der Waals surface area contributed by atoms with Crippen molar-refractivity contribution in [3.05, 3.63) is 52.3 Å². The summed E-state index contributed by atoms with van der Waals surface area (Å²) in [7, 11) is 0. The summed E-state index contributed by atoms with van der Waals surface area (Å²) in [5.41, 5.74) is 4.73. The van der Waals surface area contributed by atoms with Gasteiger partial charge in [0.25, 0.3) is 0 Å². The highest BCUT2D eigenvalue weighted by atomic mass is 32.2. The first-order valence-corrected chi connectivity index (χ1v) is 11.0. The van der Waals surface area contributed by atoms with E-state index in [1.165, 1.54) is 18.7 Å². The largest absolute Gasteiger partial charge is 0.355 e. The lowest BCUT2D eigenvalue weighted by Crippen LogP contribution is -2.16. The number of hydrogen-bond acceptors (Lipinski definition) is 5. The Kier molecular flexibility index (Phi) is 6.61. The fourth-order valence-electron chi connectivity index (χ4n) is 3.74. The quantitative estimate of drug-likeness (QED) is 0.398. The summed E-state index contributed by atoms with van der Waals surface area (Å²) in [6.07, 6.45) is 0.934. The van der Waals surface area contributed by atoms with Gasteiger partial charge in [0.1, 0.15) is 0 Å². The molecule has 158 valence electrons. The van der Waals surface area contributed by atoms with Crippen molar-refractivity contribution in [2.24, 2.45) is 0 Å². The number of ketones is 2. The van der Waals surface area contributed by atoms with Gasteiger partial charge in [-0.3, -0.25) is 9.59 Å². The fourth-order valence-corrected chi connectivity index (χ4v) is 4.67. The number of nitrogens with one attached hydrogen (secondary N) is 1. The molecule has 2 heterocycles. The molecule has 0 amide bonds. The van der Waals surface area contributed by atoms with Crippen molar-refractivity contribution < 1.29 is 9.59 Å². The molecule has 30 heavy (non-hydrogen) atoms. The third-order valence-electron chi connectivity index (χ3n) is 5.13. The van der Waals surface area contributed by atoms with Crippen molar-refractivity contribution in [3.8, 4) is 11.4 Å². The van der Waals surface area contributed by atoms with Gasteiger partial charge in [-0.15, -0.1) is 10.2 Å². The molecule has 7 heteroatoms. The monoisotopic (exact) mass is 424 g/mol. The Hall–Kier alpha value is -2.67. The molecule has 0 radical (unpaired) electrons. The lowest BCUT2D eigenvalue weighted by atomic mass is 10.0. The highest BCUT2D eigenvalue weighted by Crippen LogP contribution is 2.30. The number of carbonyl (C=O) groups excluding carboxylic acids is 2. The molecule has 0 spiro atoms. The zero-order valence-corrected chi connectivity index (χ0v) is 19.2. The molecule has 2 aromatic heterocycles. The summed E-state index contributed by atoms with van der Waals surface area (Å²) >= 11 is 1.40. The number of aromatic amines is 1. The van der Waals surface area contributed by atoms with Crippen LogP contribution in [0.5, 0.6) is 0 Å². The van der Waals surface area contributed by atoms with Gasteiger partial charge in [-0.2, -0.15) is 0 Å². The van der Waals surface area contributed by atoms with Gasteiger partial charge in [0.05, 0.1) is 10.9 Å². The Morgan fingerprint density at radius 1 is 1.20 bits per heavy atom. The maximum Gasteiger partial charge on any atom is 0.192 e. The molecule has 0 aliphatic rings. The first-order chi connectivity index (χ1) is 14.2. The number of carbonyl (C=O) groups is 2. The molecule has 0 saturated heterocycles. The number of Topliss-reactive ketones (excluding diaryl/α,β-unsaturated/α-hetero) is 2. The van der Waals surface area contributed by atoms with Gasteiger partial charge in [0.2, 0.25) is 0 Å². The van der Waals surface area contributed by atoms with Gasteiger partial charge >= 0.3 is 0 Å². The van der Waals surface area contributed by atoms with E-state index in [4.69, 9.17) is 0 Å². The molecule has 0 aliphatic heterocycles. The minimum absolute atomic E-state index is 0.0360. The maximum atomic E-state index is 13.1. The molecular formula is C23H28N4O2S. The SMILES string of the molecule is CCCn1c(S[C@H](C)C(=O)c2[nH]c(C)c(C(C)=O)c2C)nnc1-c1cccc(C)c1. The Labute approximate surface area is 181 Å². The van der Waals surface area contributed by atoms with Crippen LogP contribution in [0.15, 0.2) is 29.4 Å². The standard InChI is InChI=1S/C23H28N4O2S/c1-7-11-27-22(18-10-8-9-13(2)12-18)25-26-23(27)30-17(6)21(29)20-14(3)19(16(5)28)15(4)24-20/h8-10,12,17,24H,7,11H2,1-6H3/t17-/m1/s1. The Morgan fingerprint density at radius 3 is 2.53 bits per heavy atom. The van der Waals surface area contributed by atoms with Crippen molar-refractivity contribution in [1.29, 1.82) is 0 Å². The predicted molar refractivity (Wildman–Crippen MR) is 120 cm³/mol. The number of thioether (sulfide) groups is 1. The summed E-state index contributed by atoms with van der Waals surface area (Å²) < 4.78 is 2.08. The van der Waals surface area contributed by atoms with Gasteiger partial charge in [0, 0.05) is 23.4 Å². The van der Waals surface area contributed by atoms with E-state index in [-0.39, 0.29) is 16.8 Å². The van der Waals surface area contributed by atoms with Gasteiger partial charge in [0.15, 0.2) is 22.5 Å². The van der Waals surface area contributed by atoms with E-state index in [2.05, 4.69) is 45.7 Å². The van der Waals surface area contributed by atoms with E-state index in [0.29, 0.717) is 16.8 Å². The van der Waals surface area contributed by atoms with Crippen molar-refractivity contribution >= 4 is 23.3 Å². The van der Waals surface area contributed by atoms with E-state index < -0.39 is 0 Å². The number of aryl methyl sites for hydroxylation is 2. The van der Waals surface area contributed by atoms with Gasteiger partial charge < -0.3 is 9.55 Å². The topological polar surface area (TPSA) is 80.6 Å². The molecular weight excluding hydrogens is 396 g/mol. The average molecular weight is 425 g/mol. The zero-order chi connectivity index (χ0) is 22.0. The van der Waals surface area contributed by atoms with Gasteiger partial charge in [-0.05, 0) is 52.7 Å². The van der Waals surface area contributed by atoms with Gasteiger partial charge in [-0.1, -0.05) is 42.4 Å². The molecule has 0 saturated carbocycles. The number of hydrogen-bond donors (Lipinski definition) is 1. The smallest absolute Gasteiger partial charge is 0.192 e. The molecule has 3 rings (SSSR count). The molecule has 0 bridgehead atoms. The molecule has 3 aromatic rings. The van der Waals surface area contributed by atoms with E-state index in [1.807, 2.05) is 32.9 Å². The van der Waals surface area contributed by atoms with Crippen molar-refractivity contribution in [1.82, 2.24) is 19.7 Å².